The van der Waals surface area contributed by atoms with E-state index in [0.29, 0.717) is 6.54 Å². The van der Waals surface area contributed by atoms with Crippen molar-refractivity contribution in [3.05, 3.63) is 10.4 Å². The van der Waals surface area contributed by atoms with Crippen molar-refractivity contribution in [2.45, 2.75) is 57.0 Å². The van der Waals surface area contributed by atoms with Crippen LogP contribution in [0.3, 0.4) is 0 Å². The monoisotopic (exact) mass is 211 g/mol. The number of hydrogen-bond donors (Lipinski definition) is 0. The van der Waals surface area contributed by atoms with Gasteiger partial charge in [-0.1, -0.05) is 5.11 Å². The van der Waals surface area contributed by atoms with Gasteiger partial charge in [-0.25, -0.2) is 0 Å². The molecule has 0 N–H and O–H groups in total. The Balaban J connectivity index is 1.98. The summed E-state index contributed by atoms with van der Waals surface area (Å²) in [6.45, 7) is 4.59. The van der Waals surface area contributed by atoms with Crippen LogP contribution in [0.25, 0.3) is 10.4 Å². The van der Waals surface area contributed by atoms with E-state index in [4.69, 9.17) is 15.0 Å². The molecule has 1 spiro atoms. The van der Waals surface area contributed by atoms with Crippen LogP contribution < -0.4 is 0 Å². The fourth-order valence-electron chi connectivity index (χ4n) is 2.73. The second-order valence-corrected chi connectivity index (χ2v) is 4.55. The number of nitrogens with zero attached hydrogens (tertiary/aromatic N) is 3. The molecule has 5 heteroatoms. The smallest absolute Gasteiger partial charge is 0.0969 e. The average molecular weight is 211 g/mol. The molecule has 2 heterocycles. The zero-order valence-electron chi connectivity index (χ0n) is 9.22. The molecule has 2 aliphatic heterocycles. The van der Waals surface area contributed by atoms with E-state index >= 15 is 0 Å². The first-order chi connectivity index (χ1) is 7.16. The maximum atomic E-state index is 8.26. The molecule has 2 saturated heterocycles. The molecule has 0 aromatic rings. The average Bonchev–Trinajstić information content (AvgIpc) is 2.70. The van der Waals surface area contributed by atoms with Crippen molar-refractivity contribution in [2.24, 2.45) is 5.11 Å². The molecule has 2 fully saturated rings. The molecule has 2 rings (SSSR count). The van der Waals surface area contributed by atoms with Crippen molar-refractivity contribution >= 4 is 0 Å². The topological polar surface area (TPSA) is 67.2 Å². The van der Waals surface area contributed by atoms with Gasteiger partial charge in [0.2, 0.25) is 0 Å². The van der Waals surface area contributed by atoms with E-state index in [0.717, 1.165) is 19.3 Å². The van der Waals surface area contributed by atoms with Gasteiger partial charge >= 0.3 is 0 Å². The molecule has 0 aromatic carbocycles. The second-order valence-electron chi connectivity index (χ2n) is 4.55. The lowest BCUT2D eigenvalue weighted by Gasteiger charge is -2.27. The van der Waals surface area contributed by atoms with Crippen LogP contribution in [0.5, 0.6) is 0 Å². The minimum absolute atomic E-state index is 0.0808. The molecule has 5 nitrogen and oxygen atoms in total. The summed E-state index contributed by atoms with van der Waals surface area (Å²) in [4.78, 5) is 2.76. The molecule has 0 aliphatic carbocycles. The predicted molar refractivity (Wildman–Crippen MR) is 55.5 cm³/mol. The Kier molecular flexibility index (Phi) is 2.87. The van der Waals surface area contributed by atoms with Gasteiger partial charge in [0.25, 0.3) is 0 Å². The highest BCUT2D eigenvalue weighted by molar-refractivity contribution is 4.99. The van der Waals surface area contributed by atoms with Crippen LogP contribution in [0.2, 0.25) is 0 Å². The van der Waals surface area contributed by atoms with Gasteiger partial charge in [0, 0.05) is 11.3 Å². The van der Waals surface area contributed by atoms with E-state index in [1.54, 1.807) is 0 Å². The lowest BCUT2D eigenvalue weighted by atomic mass is 9.91. The third-order valence-electron chi connectivity index (χ3n) is 3.45. The summed E-state index contributed by atoms with van der Waals surface area (Å²) in [6.07, 6.45) is 3.46. The molecule has 0 radical (unpaired) electrons. The Labute approximate surface area is 89.4 Å². The first kappa shape index (κ1) is 10.7. The minimum atomic E-state index is -0.116. The van der Waals surface area contributed by atoms with Crippen LogP contribution in [0.15, 0.2) is 5.11 Å². The highest BCUT2D eigenvalue weighted by atomic mass is 16.6. The molecular weight excluding hydrogens is 194 g/mol. The fourth-order valence-corrected chi connectivity index (χ4v) is 2.73. The summed E-state index contributed by atoms with van der Waals surface area (Å²) in [5, 5.41) is 3.57. The standard InChI is InChI=1S/C10H17N3O2/c1-7-5-10(8(2)14-7)4-3-9(15-10)6-12-13-11/h7-9H,3-6H2,1-2H3/t7-,8+,9-,10-/m1/s1. The zero-order chi connectivity index (χ0) is 10.9. The van der Waals surface area contributed by atoms with Gasteiger partial charge in [-0.3, -0.25) is 0 Å². The van der Waals surface area contributed by atoms with Gasteiger partial charge in [0.05, 0.1) is 30.5 Å². The molecule has 0 unspecified atom stereocenters. The first-order valence-electron chi connectivity index (χ1n) is 5.50. The van der Waals surface area contributed by atoms with Gasteiger partial charge in [-0.2, -0.15) is 0 Å². The lowest BCUT2D eigenvalue weighted by molar-refractivity contribution is -0.0781. The lowest BCUT2D eigenvalue weighted by Crippen LogP contribution is -2.36. The molecule has 84 valence electrons. The number of ether oxygens (including phenoxy) is 2. The van der Waals surface area contributed by atoms with E-state index in [9.17, 15) is 0 Å². The van der Waals surface area contributed by atoms with Crippen LogP contribution in [0.4, 0.5) is 0 Å². The van der Waals surface area contributed by atoms with Crippen molar-refractivity contribution in [3.63, 3.8) is 0 Å². The Morgan fingerprint density at radius 1 is 1.53 bits per heavy atom. The van der Waals surface area contributed by atoms with Crippen LogP contribution in [-0.4, -0.2) is 30.5 Å². The van der Waals surface area contributed by atoms with Gasteiger partial charge in [-0.05, 0) is 32.2 Å². The fraction of sp³-hybridized carbons (Fsp3) is 1.00. The third-order valence-corrected chi connectivity index (χ3v) is 3.45. The Morgan fingerprint density at radius 3 is 2.93 bits per heavy atom. The normalized spacial score (nSPS) is 44.5. The summed E-state index contributed by atoms with van der Waals surface area (Å²) >= 11 is 0. The number of rotatable bonds is 2. The van der Waals surface area contributed by atoms with Crippen molar-refractivity contribution in [1.82, 2.24) is 0 Å². The summed E-state index contributed by atoms with van der Waals surface area (Å²) in [6, 6.07) is 0. The number of azide groups is 1. The van der Waals surface area contributed by atoms with Crippen molar-refractivity contribution in [3.8, 4) is 0 Å². The highest BCUT2D eigenvalue weighted by Gasteiger charge is 2.50. The van der Waals surface area contributed by atoms with E-state index in [2.05, 4.69) is 23.9 Å². The first-order valence-corrected chi connectivity index (χ1v) is 5.50. The summed E-state index contributed by atoms with van der Waals surface area (Å²) < 4.78 is 11.7. The summed E-state index contributed by atoms with van der Waals surface area (Å²) in [5.41, 5.74) is 8.14. The van der Waals surface area contributed by atoms with E-state index in [1.165, 1.54) is 0 Å². The van der Waals surface area contributed by atoms with Crippen LogP contribution in [0, 0.1) is 0 Å². The Hall–Kier alpha value is -0.770. The maximum absolute atomic E-state index is 8.26. The maximum Gasteiger partial charge on any atom is 0.0969 e. The van der Waals surface area contributed by atoms with E-state index in [-0.39, 0.29) is 23.9 Å². The summed E-state index contributed by atoms with van der Waals surface area (Å²) in [7, 11) is 0. The quantitative estimate of drug-likeness (QED) is 0.400. The van der Waals surface area contributed by atoms with Crippen molar-refractivity contribution in [1.29, 1.82) is 0 Å². The molecule has 0 aromatic heterocycles. The molecule has 4 atom stereocenters. The minimum Gasteiger partial charge on any atom is -0.372 e. The van der Waals surface area contributed by atoms with Crippen LogP contribution >= 0.6 is 0 Å². The molecule has 2 aliphatic rings. The molecule has 0 amide bonds. The molecule has 0 saturated carbocycles. The van der Waals surface area contributed by atoms with Gasteiger partial charge in [-0.15, -0.1) is 0 Å². The van der Waals surface area contributed by atoms with E-state index < -0.39 is 0 Å². The second kappa shape index (κ2) is 4.00. The largest absolute Gasteiger partial charge is 0.372 e. The van der Waals surface area contributed by atoms with Gasteiger partial charge in [0.15, 0.2) is 0 Å². The van der Waals surface area contributed by atoms with Crippen molar-refractivity contribution in [2.75, 3.05) is 6.54 Å². The zero-order valence-corrected chi connectivity index (χ0v) is 9.22. The van der Waals surface area contributed by atoms with Crippen LogP contribution in [0.1, 0.15) is 33.1 Å². The molecule has 0 bridgehead atoms. The Morgan fingerprint density at radius 2 is 2.33 bits per heavy atom. The molecular formula is C10H17N3O2. The number of hydrogen-bond acceptors (Lipinski definition) is 3. The van der Waals surface area contributed by atoms with Gasteiger partial charge in [0.1, 0.15) is 0 Å². The summed E-state index contributed by atoms with van der Waals surface area (Å²) in [5.74, 6) is 0. The Bertz CT molecular complexity index is 290. The SMILES string of the molecule is C[C@@H]1C[C@]2(CC[C@H](CN=[N+]=[N-])O2)[C@H](C)O1. The van der Waals surface area contributed by atoms with Crippen molar-refractivity contribution < 1.29 is 9.47 Å². The molecule has 15 heavy (non-hydrogen) atoms. The third kappa shape index (κ3) is 1.95. The predicted octanol–water partition coefficient (Wildman–Crippen LogP) is 2.41. The van der Waals surface area contributed by atoms with E-state index in [1.807, 2.05) is 0 Å². The van der Waals surface area contributed by atoms with Gasteiger partial charge < -0.3 is 9.47 Å². The van der Waals surface area contributed by atoms with Crippen LogP contribution in [-0.2, 0) is 9.47 Å². The highest BCUT2D eigenvalue weighted by Crippen LogP contribution is 2.43.